The molecule has 0 aromatic rings. The molecule has 0 aromatic heterocycles. The maximum atomic E-state index is 10.9. The molecule has 0 amide bonds. The van der Waals surface area contributed by atoms with Gasteiger partial charge in [-0.15, -0.1) is 0 Å². The Balaban J connectivity index is 4.34. The molecule has 0 aromatic carbocycles. The van der Waals surface area contributed by atoms with Crippen LogP contribution in [-0.2, 0) is 24.5 Å². The molecule has 0 bridgehead atoms. The first-order chi connectivity index (χ1) is 9.54. The molecule has 0 radical (unpaired) electrons. The van der Waals surface area contributed by atoms with Gasteiger partial charge in [-0.3, -0.25) is 24.3 Å². The second-order valence-electron chi connectivity index (χ2n) is 4.00. The monoisotopic (exact) mass is 328 g/mol. The first-order valence-corrected chi connectivity index (χ1v) is 7.13. The van der Waals surface area contributed by atoms with Gasteiger partial charge in [0.05, 0.1) is 12.8 Å². The van der Waals surface area contributed by atoms with Crippen LogP contribution in [0.5, 0.6) is 0 Å². The highest BCUT2D eigenvalue weighted by Gasteiger charge is 2.25. The summed E-state index contributed by atoms with van der Waals surface area (Å²) in [6.07, 6.45) is -1.55. The summed E-state index contributed by atoms with van der Waals surface area (Å²) in [6, 6.07) is -1.37. The summed E-state index contributed by atoms with van der Waals surface area (Å²) in [5, 5.41) is 28.5. The molecule has 11 nitrogen and oxygen atoms in total. The zero-order valence-electron chi connectivity index (χ0n) is 10.7. The molecule has 0 rings (SSSR count). The Hall–Kier alpha value is -1.76. The summed E-state index contributed by atoms with van der Waals surface area (Å²) in [6.45, 7) is -0.336. The van der Waals surface area contributed by atoms with Crippen LogP contribution in [0.4, 0.5) is 0 Å². The van der Waals surface area contributed by atoms with Crippen molar-refractivity contribution in [1.82, 2.24) is 10.6 Å². The van der Waals surface area contributed by atoms with E-state index in [1.807, 2.05) is 0 Å². The van der Waals surface area contributed by atoms with E-state index in [1.54, 1.807) is 0 Å². The lowest BCUT2D eigenvalue weighted by atomic mass is 10.2. The standard InChI is InChI=1S/C9H16N2O9S/c12-7(13)3-5(9(16)17)10-1-2-11-6(4-8(14)15)21(18,19)20/h5-6,10-11H,1-4H2,(H,12,13)(H,14,15)(H,16,17)(H,18,19,20)/t5-,6?/m0/s1. The second-order valence-corrected chi connectivity index (χ2v) is 5.60. The number of nitrogens with one attached hydrogen (secondary N) is 2. The Labute approximate surface area is 119 Å². The average molecular weight is 328 g/mol. The van der Waals surface area contributed by atoms with Crippen molar-refractivity contribution in [1.29, 1.82) is 0 Å². The molecule has 0 saturated heterocycles. The first-order valence-electron chi connectivity index (χ1n) is 5.63. The van der Waals surface area contributed by atoms with Gasteiger partial charge in [0.1, 0.15) is 11.4 Å². The van der Waals surface area contributed by atoms with E-state index in [1.165, 1.54) is 0 Å². The molecule has 0 heterocycles. The molecule has 6 N–H and O–H groups in total. The van der Waals surface area contributed by atoms with Crippen LogP contribution >= 0.6 is 0 Å². The topological polar surface area (TPSA) is 190 Å². The molecular formula is C9H16N2O9S. The highest BCUT2D eigenvalue weighted by atomic mass is 32.2. The van der Waals surface area contributed by atoms with Gasteiger partial charge in [0.2, 0.25) is 0 Å². The first kappa shape index (κ1) is 19.2. The van der Waals surface area contributed by atoms with Crippen molar-refractivity contribution in [3.8, 4) is 0 Å². The Morgan fingerprint density at radius 2 is 1.38 bits per heavy atom. The van der Waals surface area contributed by atoms with Gasteiger partial charge in [0, 0.05) is 13.1 Å². The van der Waals surface area contributed by atoms with Gasteiger partial charge in [0.15, 0.2) is 0 Å². The van der Waals surface area contributed by atoms with E-state index in [4.69, 9.17) is 19.9 Å². The summed E-state index contributed by atoms with van der Waals surface area (Å²) < 4.78 is 30.6. The molecule has 0 saturated carbocycles. The minimum atomic E-state index is -4.63. The zero-order valence-corrected chi connectivity index (χ0v) is 11.5. The fraction of sp³-hybridized carbons (Fsp3) is 0.667. The van der Waals surface area contributed by atoms with Crippen molar-refractivity contribution in [2.24, 2.45) is 0 Å². The maximum absolute atomic E-state index is 10.9. The molecule has 0 aliphatic rings. The summed E-state index contributed by atoms with van der Waals surface area (Å²) >= 11 is 0. The molecule has 0 aliphatic carbocycles. The lowest BCUT2D eigenvalue weighted by Gasteiger charge is -2.16. The van der Waals surface area contributed by atoms with E-state index in [0.717, 1.165) is 0 Å². The second kappa shape index (κ2) is 8.51. The third-order valence-corrected chi connectivity index (χ3v) is 3.34. The molecule has 21 heavy (non-hydrogen) atoms. The van der Waals surface area contributed by atoms with Gasteiger partial charge < -0.3 is 20.6 Å². The minimum Gasteiger partial charge on any atom is -0.481 e. The largest absolute Gasteiger partial charge is 0.481 e. The summed E-state index contributed by atoms with van der Waals surface area (Å²) in [7, 11) is -4.63. The number of carboxylic acids is 3. The van der Waals surface area contributed by atoms with Crippen molar-refractivity contribution in [2.45, 2.75) is 24.3 Å². The normalized spacial score (nSPS) is 14.3. The van der Waals surface area contributed by atoms with E-state index >= 15 is 0 Å². The highest BCUT2D eigenvalue weighted by molar-refractivity contribution is 7.86. The van der Waals surface area contributed by atoms with Gasteiger partial charge in [-0.05, 0) is 0 Å². The quantitative estimate of drug-likeness (QED) is 0.178. The summed E-state index contributed by atoms with van der Waals surface area (Å²) in [5.74, 6) is -4.17. The summed E-state index contributed by atoms with van der Waals surface area (Å²) in [4.78, 5) is 31.6. The van der Waals surface area contributed by atoms with Gasteiger partial charge in [-0.2, -0.15) is 8.42 Å². The Bertz CT molecular complexity index is 489. The third-order valence-electron chi connectivity index (χ3n) is 2.28. The van der Waals surface area contributed by atoms with Crippen LogP contribution in [0.2, 0.25) is 0 Å². The molecule has 1 unspecified atom stereocenters. The van der Waals surface area contributed by atoms with E-state index in [9.17, 15) is 22.8 Å². The maximum Gasteiger partial charge on any atom is 0.321 e. The SMILES string of the molecule is O=C(O)CC(NCCN[C@@H](CC(=O)O)C(=O)O)S(=O)(=O)O. The van der Waals surface area contributed by atoms with Crippen LogP contribution in [0.25, 0.3) is 0 Å². The lowest BCUT2D eigenvalue weighted by Crippen LogP contribution is -2.45. The van der Waals surface area contributed by atoms with Crippen molar-refractivity contribution in [3.05, 3.63) is 0 Å². The Morgan fingerprint density at radius 1 is 0.905 bits per heavy atom. The molecule has 0 aliphatic heterocycles. The Morgan fingerprint density at radius 3 is 1.76 bits per heavy atom. The van der Waals surface area contributed by atoms with Crippen molar-refractivity contribution in [3.63, 3.8) is 0 Å². The number of aliphatic carboxylic acids is 3. The number of hydrogen-bond donors (Lipinski definition) is 6. The van der Waals surface area contributed by atoms with Crippen molar-refractivity contribution >= 4 is 28.0 Å². The molecular weight excluding hydrogens is 312 g/mol. The van der Waals surface area contributed by atoms with Gasteiger partial charge in [-0.25, -0.2) is 0 Å². The molecule has 12 heteroatoms. The van der Waals surface area contributed by atoms with E-state index < -0.39 is 52.3 Å². The van der Waals surface area contributed by atoms with Crippen LogP contribution in [-0.4, -0.2) is 70.7 Å². The molecule has 2 atom stereocenters. The van der Waals surface area contributed by atoms with Gasteiger partial charge in [0.25, 0.3) is 10.1 Å². The average Bonchev–Trinajstić information content (AvgIpc) is 2.28. The zero-order chi connectivity index (χ0) is 16.6. The van der Waals surface area contributed by atoms with Gasteiger partial charge in [-0.1, -0.05) is 0 Å². The lowest BCUT2D eigenvalue weighted by molar-refractivity contribution is -0.145. The third kappa shape index (κ3) is 8.91. The van der Waals surface area contributed by atoms with E-state index in [2.05, 4.69) is 10.6 Å². The van der Waals surface area contributed by atoms with E-state index in [-0.39, 0.29) is 13.1 Å². The Kier molecular flexibility index (Phi) is 7.80. The minimum absolute atomic E-state index is 0.143. The number of hydrogen-bond acceptors (Lipinski definition) is 7. The van der Waals surface area contributed by atoms with Crippen LogP contribution in [0.15, 0.2) is 0 Å². The molecule has 0 spiro atoms. The van der Waals surface area contributed by atoms with Crippen LogP contribution in [0.1, 0.15) is 12.8 Å². The number of rotatable bonds is 11. The van der Waals surface area contributed by atoms with Crippen LogP contribution in [0.3, 0.4) is 0 Å². The van der Waals surface area contributed by atoms with Crippen molar-refractivity contribution < 1.29 is 42.7 Å². The van der Waals surface area contributed by atoms with Crippen LogP contribution < -0.4 is 10.6 Å². The van der Waals surface area contributed by atoms with Crippen LogP contribution in [0, 0.1) is 0 Å². The molecule has 122 valence electrons. The van der Waals surface area contributed by atoms with E-state index in [0.29, 0.717) is 0 Å². The molecule has 0 fully saturated rings. The smallest absolute Gasteiger partial charge is 0.321 e. The van der Waals surface area contributed by atoms with Gasteiger partial charge >= 0.3 is 17.9 Å². The number of carbonyl (C=O) groups is 3. The fourth-order valence-corrected chi connectivity index (χ4v) is 2.02. The highest BCUT2D eigenvalue weighted by Crippen LogP contribution is 2.00. The fourth-order valence-electron chi connectivity index (χ4n) is 1.34. The predicted octanol–water partition coefficient (Wildman–Crippen LogP) is -2.22. The predicted molar refractivity (Wildman–Crippen MR) is 67.3 cm³/mol. The van der Waals surface area contributed by atoms with Crippen molar-refractivity contribution in [2.75, 3.05) is 13.1 Å². The number of carboxylic acid groups (broad SMARTS) is 3. The summed E-state index contributed by atoms with van der Waals surface area (Å²) in [5.41, 5.74) is 0.